The molecule has 0 saturated heterocycles. The first-order chi connectivity index (χ1) is 6.22. The van der Waals surface area contributed by atoms with Gasteiger partial charge in [0.05, 0.1) is 0 Å². The van der Waals surface area contributed by atoms with Crippen molar-refractivity contribution in [1.82, 2.24) is 5.32 Å². The first kappa shape index (κ1) is 12.2. The lowest BCUT2D eigenvalue weighted by Crippen LogP contribution is -2.36. The lowest BCUT2D eigenvalue weighted by molar-refractivity contribution is -0.139. The van der Waals surface area contributed by atoms with Crippen LogP contribution >= 0.6 is 0 Å². The van der Waals surface area contributed by atoms with E-state index in [0.717, 1.165) is 12.8 Å². The highest BCUT2D eigenvalue weighted by Crippen LogP contribution is 1.99. The number of likely N-dealkylation sites (N-methyl/N-ethyl adjacent to an activating group) is 1. The van der Waals surface area contributed by atoms with Gasteiger partial charge in [-0.05, 0) is 25.8 Å². The van der Waals surface area contributed by atoms with Crippen LogP contribution in [0.2, 0.25) is 0 Å². The molecule has 1 atom stereocenters. The normalized spacial score (nSPS) is 13.4. The minimum Gasteiger partial charge on any atom is -0.480 e. The minimum absolute atomic E-state index is 0.397. The van der Waals surface area contributed by atoms with Gasteiger partial charge < -0.3 is 10.4 Å². The van der Waals surface area contributed by atoms with Gasteiger partial charge in [-0.25, -0.2) is 0 Å². The number of carboxylic acids is 1. The molecule has 0 aliphatic carbocycles. The van der Waals surface area contributed by atoms with E-state index in [9.17, 15) is 4.79 Å². The molecule has 76 valence electrons. The lowest BCUT2D eigenvalue weighted by atomic mass is 10.1. The Kier molecular flexibility index (Phi) is 7.30. The third kappa shape index (κ3) is 6.34. The Labute approximate surface area is 79.8 Å². The van der Waals surface area contributed by atoms with Crippen LogP contribution in [-0.4, -0.2) is 23.7 Å². The second-order valence-corrected chi connectivity index (χ2v) is 2.91. The molecule has 0 saturated carbocycles. The molecular weight excluding hydrogens is 166 g/mol. The van der Waals surface area contributed by atoms with Crippen molar-refractivity contribution >= 4 is 5.97 Å². The summed E-state index contributed by atoms with van der Waals surface area (Å²) in [6.07, 6.45) is 6.61. The second-order valence-electron chi connectivity index (χ2n) is 2.91. The Morgan fingerprint density at radius 2 is 2.15 bits per heavy atom. The number of aliphatic carboxylic acids is 1. The summed E-state index contributed by atoms with van der Waals surface area (Å²) in [5.74, 6) is -0.758. The standard InChI is InChI=1S/C10H19NO2/c1-3-5-6-7-8-9(10(12)13)11-4-2/h5-6,9,11H,3-4,7-8H2,1-2H3,(H,12,13)/b6-5+/t9-/m0/s1. The minimum atomic E-state index is -0.758. The number of hydrogen-bond acceptors (Lipinski definition) is 2. The van der Waals surface area contributed by atoms with Crippen molar-refractivity contribution in [3.05, 3.63) is 12.2 Å². The Morgan fingerprint density at radius 3 is 2.62 bits per heavy atom. The third-order valence-corrected chi connectivity index (χ3v) is 1.77. The molecule has 0 aliphatic rings. The quantitative estimate of drug-likeness (QED) is 0.594. The Hall–Kier alpha value is -0.830. The molecule has 0 aromatic heterocycles. The van der Waals surface area contributed by atoms with Crippen molar-refractivity contribution in [2.75, 3.05) is 6.54 Å². The Morgan fingerprint density at radius 1 is 1.46 bits per heavy atom. The molecule has 2 N–H and O–H groups in total. The maximum absolute atomic E-state index is 10.7. The average Bonchev–Trinajstić information content (AvgIpc) is 2.10. The van der Waals surface area contributed by atoms with Crippen LogP contribution in [0.15, 0.2) is 12.2 Å². The third-order valence-electron chi connectivity index (χ3n) is 1.77. The fourth-order valence-electron chi connectivity index (χ4n) is 1.11. The SMILES string of the molecule is CC/C=C/CC[C@H](NCC)C(=O)O. The highest BCUT2D eigenvalue weighted by molar-refractivity contribution is 5.73. The van der Waals surface area contributed by atoms with Crippen molar-refractivity contribution in [2.45, 2.75) is 39.2 Å². The summed E-state index contributed by atoms with van der Waals surface area (Å²) in [6, 6.07) is -0.397. The van der Waals surface area contributed by atoms with Crippen LogP contribution in [0.25, 0.3) is 0 Å². The van der Waals surface area contributed by atoms with Crippen LogP contribution in [0.1, 0.15) is 33.1 Å². The first-order valence-corrected chi connectivity index (χ1v) is 4.83. The van der Waals surface area contributed by atoms with Crippen molar-refractivity contribution in [1.29, 1.82) is 0 Å². The molecule has 3 nitrogen and oxygen atoms in total. The number of allylic oxidation sites excluding steroid dienone is 2. The van der Waals surface area contributed by atoms with Crippen molar-refractivity contribution in [2.24, 2.45) is 0 Å². The van der Waals surface area contributed by atoms with E-state index in [1.165, 1.54) is 0 Å². The summed E-state index contributed by atoms with van der Waals surface area (Å²) in [6.45, 7) is 4.68. The van der Waals surface area contributed by atoms with Crippen molar-refractivity contribution < 1.29 is 9.90 Å². The fraction of sp³-hybridized carbons (Fsp3) is 0.700. The molecule has 0 unspecified atom stereocenters. The largest absolute Gasteiger partial charge is 0.480 e. The first-order valence-electron chi connectivity index (χ1n) is 4.83. The monoisotopic (exact) mass is 185 g/mol. The van der Waals surface area contributed by atoms with Crippen LogP contribution in [0.5, 0.6) is 0 Å². The number of hydrogen-bond donors (Lipinski definition) is 2. The van der Waals surface area contributed by atoms with E-state index in [4.69, 9.17) is 5.11 Å². The zero-order valence-electron chi connectivity index (χ0n) is 8.42. The lowest BCUT2D eigenvalue weighted by Gasteiger charge is -2.10. The molecule has 0 heterocycles. The van der Waals surface area contributed by atoms with Crippen LogP contribution in [-0.2, 0) is 4.79 Å². The molecule has 0 amide bonds. The van der Waals surface area contributed by atoms with Gasteiger partial charge in [0.25, 0.3) is 0 Å². The molecule has 0 fully saturated rings. The van der Waals surface area contributed by atoms with E-state index in [0.29, 0.717) is 13.0 Å². The van der Waals surface area contributed by atoms with E-state index in [2.05, 4.69) is 18.3 Å². The maximum atomic E-state index is 10.7. The summed E-state index contributed by atoms with van der Waals surface area (Å²) in [7, 11) is 0. The van der Waals surface area contributed by atoms with Gasteiger partial charge in [0, 0.05) is 0 Å². The van der Waals surface area contributed by atoms with Crippen LogP contribution in [0.4, 0.5) is 0 Å². The van der Waals surface area contributed by atoms with Crippen LogP contribution in [0, 0.1) is 0 Å². The molecule has 0 aromatic rings. The van der Waals surface area contributed by atoms with Gasteiger partial charge in [0.2, 0.25) is 0 Å². The van der Waals surface area contributed by atoms with Gasteiger partial charge in [0.15, 0.2) is 0 Å². The van der Waals surface area contributed by atoms with Gasteiger partial charge in [-0.1, -0.05) is 26.0 Å². The molecule has 3 heteroatoms. The van der Waals surface area contributed by atoms with E-state index in [-0.39, 0.29) is 0 Å². The molecule has 0 bridgehead atoms. The van der Waals surface area contributed by atoms with E-state index < -0.39 is 12.0 Å². The smallest absolute Gasteiger partial charge is 0.320 e. The molecular formula is C10H19NO2. The zero-order valence-corrected chi connectivity index (χ0v) is 8.42. The van der Waals surface area contributed by atoms with Gasteiger partial charge in [-0.2, -0.15) is 0 Å². The topological polar surface area (TPSA) is 49.3 Å². The molecule has 0 rings (SSSR count). The summed E-state index contributed by atoms with van der Waals surface area (Å²) >= 11 is 0. The van der Waals surface area contributed by atoms with Gasteiger partial charge in [0.1, 0.15) is 6.04 Å². The van der Waals surface area contributed by atoms with E-state index in [1.54, 1.807) is 0 Å². The Bertz CT molecular complexity index is 166. The molecule has 0 spiro atoms. The highest BCUT2D eigenvalue weighted by atomic mass is 16.4. The van der Waals surface area contributed by atoms with E-state index in [1.807, 2.05) is 13.0 Å². The van der Waals surface area contributed by atoms with Crippen LogP contribution in [0.3, 0.4) is 0 Å². The van der Waals surface area contributed by atoms with Crippen molar-refractivity contribution in [3.63, 3.8) is 0 Å². The van der Waals surface area contributed by atoms with Crippen LogP contribution < -0.4 is 5.32 Å². The number of carboxylic acid groups (broad SMARTS) is 1. The van der Waals surface area contributed by atoms with E-state index >= 15 is 0 Å². The average molecular weight is 185 g/mol. The zero-order chi connectivity index (χ0) is 10.1. The number of rotatable bonds is 7. The van der Waals surface area contributed by atoms with Gasteiger partial charge in [-0.3, -0.25) is 4.79 Å². The predicted octanol–water partition coefficient (Wildman–Crippen LogP) is 1.80. The van der Waals surface area contributed by atoms with Gasteiger partial charge in [-0.15, -0.1) is 0 Å². The second kappa shape index (κ2) is 7.80. The summed E-state index contributed by atoms with van der Waals surface area (Å²) in [4.78, 5) is 10.7. The van der Waals surface area contributed by atoms with Crippen molar-refractivity contribution in [3.8, 4) is 0 Å². The molecule has 13 heavy (non-hydrogen) atoms. The fourth-order valence-corrected chi connectivity index (χ4v) is 1.11. The Balaban J connectivity index is 3.69. The number of nitrogens with one attached hydrogen (secondary N) is 1. The molecule has 0 radical (unpaired) electrons. The summed E-state index contributed by atoms with van der Waals surface area (Å²) in [5.41, 5.74) is 0. The van der Waals surface area contributed by atoms with Gasteiger partial charge >= 0.3 is 5.97 Å². The number of carbonyl (C=O) groups is 1. The predicted molar refractivity (Wildman–Crippen MR) is 53.8 cm³/mol. The summed E-state index contributed by atoms with van der Waals surface area (Å²) in [5, 5.41) is 11.7. The maximum Gasteiger partial charge on any atom is 0.320 e. The molecule has 0 aromatic carbocycles. The molecule has 0 aliphatic heterocycles. The highest BCUT2D eigenvalue weighted by Gasteiger charge is 2.13. The summed E-state index contributed by atoms with van der Waals surface area (Å²) < 4.78 is 0.